The molecule has 1 unspecified atom stereocenters. The summed E-state index contributed by atoms with van der Waals surface area (Å²) >= 11 is 0. The summed E-state index contributed by atoms with van der Waals surface area (Å²) in [4.78, 5) is 5.71. The van der Waals surface area contributed by atoms with Crippen molar-refractivity contribution in [3.8, 4) is 11.3 Å². The predicted molar refractivity (Wildman–Crippen MR) is 103 cm³/mol. The van der Waals surface area contributed by atoms with Gasteiger partial charge in [-0.25, -0.2) is 8.78 Å². The van der Waals surface area contributed by atoms with Crippen molar-refractivity contribution in [2.45, 2.75) is 37.7 Å². The molecule has 1 saturated heterocycles. The van der Waals surface area contributed by atoms with E-state index in [1.807, 2.05) is 0 Å². The lowest BCUT2D eigenvalue weighted by molar-refractivity contribution is -0.136. The number of aliphatic hydroxyl groups is 1. The monoisotopic (exact) mass is 441 g/mol. The van der Waals surface area contributed by atoms with Gasteiger partial charge in [0.15, 0.2) is 0 Å². The van der Waals surface area contributed by atoms with E-state index in [2.05, 4.69) is 4.98 Å². The van der Waals surface area contributed by atoms with Crippen LogP contribution in [0.3, 0.4) is 0 Å². The number of furan rings is 1. The Balaban J connectivity index is 1.63. The molecule has 1 aliphatic heterocycles. The number of rotatable bonds is 4. The molecule has 0 saturated carbocycles. The highest BCUT2D eigenvalue weighted by molar-refractivity contribution is 5.87. The fourth-order valence-electron chi connectivity index (χ4n) is 3.70. The third kappa shape index (κ3) is 4.41. The van der Waals surface area contributed by atoms with Gasteiger partial charge in [-0.05, 0) is 24.3 Å². The van der Waals surface area contributed by atoms with E-state index in [-0.39, 0.29) is 60.5 Å². The molecular weight excluding hydrogens is 421 g/mol. The number of aliphatic hydroxyl groups excluding tert-OH is 1. The fourth-order valence-corrected chi connectivity index (χ4v) is 3.70. The van der Waals surface area contributed by atoms with Crippen LogP contribution in [0.1, 0.15) is 36.0 Å². The average Bonchev–Trinajstić information content (AvgIpc) is 3.15. The Labute approximate surface area is 174 Å². The summed E-state index contributed by atoms with van der Waals surface area (Å²) in [6, 6.07) is 6.95. The summed E-state index contributed by atoms with van der Waals surface area (Å²) < 4.78 is 72.5. The Morgan fingerprint density at radius 3 is 2.45 bits per heavy atom. The van der Waals surface area contributed by atoms with E-state index in [0.717, 1.165) is 6.07 Å². The summed E-state index contributed by atoms with van der Waals surface area (Å²) in [5.74, 6) is -2.50. The molecule has 31 heavy (non-hydrogen) atoms. The SMILES string of the molecule is NCc1cc2cc(-c3ccc(C(O)N4CCC(F)(F)CC4)cn3)cc(C(F)(F)F)c2o1. The van der Waals surface area contributed by atoms with Gasteiger partial charge in [0.05, 0.1) is 17.8 Å². The number of aromatic nitrogens is 1. The lowest BCUT2D eigenvalue weighted by atomic mass is 10.0. The third-order valence-electron chi connectivity index (χ3n) is 5.43. The molecule has 0 radical (unpaired) electrons. The summed E-state index contributed by atoms with van der Waals surface area (Å²) in [5, 5.41) is 10.7. The van der Waals surface area contributed by atoms with Gasteiger partial charge in [-0.2, -0.15) is 13.2 Å². The van der Waals surface area contributed by atoms with E-state index in [0.29, 0.717) is 5.56 Å². The van der Waals surface area contributed by atoms with E-state index >= 15 is 0 Å². The number of hydrogen-bond donors (Lipinski definition) is 2. The highest BCUT2D eigenvalue weighted by atomic mass is 19.4. The van der Waals surface area contributed by atoms with Crippen molar-refractivity contribution in [3.63, 3.8) is 0 Å². The summed E-state index contributed by atoms with van der Waals surface area (Å²) in [5.41, 5.74) is 5.14. The van der Waals surface area contributed by atoms with E-state index < -0.39 is 23.9 Å². The van der Waals surface area contributed by atoms with Gasteiger partial charge in [-0.1, -0.05) is 6.07 Å². The Hall–Kier alpha value is -2.56. The molecule has 3 heterocycles. The topological polar surface area (TPSA) is 75.5 Å². The molecule has 10 heteroatoms. The number of likely N-dealkylation sites (tertiary alicyclic amines) is 1. The number of benzene rings is 1. The van der Waals surface area contributed by atoms with Crippen LogP contribution in [0.2, 0.25) is 0 Å². The molecule has 166 valence electrons. The first-order valence-electron chi connectivity index (χ1n) is 9.67. The number of nitrogens with zero attached hydrogens (tertiary/aromatic N) is 2. The maximum Gasteiger partial charge on any atom is 0.420 e. The summed E-state index contributed by atoms with van der Waals surface area (Å²) in [6.45, 7) is 0.0333. The number of hydrogen-bond acceptors (Lipinski definition) is 5. The van der Waals surface area contributed by atoms with Crippen LogP contribution < -0.4 is 5.73 Å². The number of fused-ring (bicyclic) bond motifs is 1. The zero-order valence-electron chi connectivity index (χ0n) is 16.3. The summed E-state index contributed by atoms with van der Waals surface area (Å²) in [6.07, 6.45) is -5.10. The molecule has 2 aromatic heterocycles. The van der Waals surface area contributed by atoms with Gasteiger partial charge in [0.2, 0.25) is 0 Å². The molecular formula is C21H20F5N3O2. The zero-order valence-corrected chi connectivity index (χ0v) is 16.3. The second kappa shape index (κ2) is 7.85. The molecule has 1 atom stereocenters. The molecule has 0 spiro atoms. The highest BCUT2D eigenvalue weighted by Crippen LogP contribution is 2.39. The molecule has 1 aliphatic rings. The van der Waals surface area contributed by atoms with Crippen LogP contribution in [0, 0.1) is 0 Å². The number of piperidine rings is 1. The Kier molecular flexibility index (Phi) is 5.48. The smallest absolute Gasteiger partial charge is 0.420 e. The minimum absolute atomic E-state index is 0.0332. The number of halogens is 5. The quantitative estimate of drug-likeness (QED) is 0.575. The standard InChI is InChI=1S/C21H20F5N3O2/c22-20(23)3-5-29(6-4-20)19(30)12-1-2-17(28-11-12)13-7-14-8-15(10-27)31-18(14)16(9-13)21(24,25)26/h1-2,7-9,11,19,30H,3-6,10,27H2. The highest BCUT2D eigenvalue weighted by Gasteiger charge is 2.37. The van der Waals surface area contributed by atoms with Crippen LogP contribution in [-0.2, 0) is 12.7 Å². The van der Waals surface area contributed by atoms with Crippen molar-refractivity contribution in [1.29, 1.82) is 0 Å². The van der Waals surface area contributed by atoms with Crippen molar-refractivity contribution in [3.05, 3.63) is 53.4 Å². The van der Waals surface area contributed by atoms with Gasteiger partial charge in [0.25, 0.3) is 5.92 Å². The second-order valence-corrected chi connectivity index (χ2v) is 7.60. The molecule has 4 rings (SSSR count). The van der Waals surface area contributed by atoms with Crippen LogP contribution in [0.25, 0.3) is 22.2 Å². The number of nitrogens with two attached hydrogens (primary N) is 1. The average molecular weight is 441 g/mol. The minimum Gasteiger partial charge on any atom is -0.459 e. The van der Waals surface area contributed by atoms with E-state index in [1.165, 1.54) is 35.4 Å². The first-order chi connectivity index (χ1) is 14.6. The third-order valence-corrected chi connectivity index (χ3v) is 5.43. The van der Waals surface area contributed by atoms with Crippen LogP contribution in [0.15, 0.2) is 40.9 Å². The molecule has 0 aliphatic carbocycles. The van der Waals surface area contributed by atoms with Crippen LogP contribution in [-0.4, -0.2) is 34.0 Å². The molecule has 5 nitrogen and oxygen atoms in total. The Morgan fingerprint density at radius 1 is 1.16 bits per heavy atom. The van der Waals surface area contributed by atoms with Crippen LogP contribution >= 0.6 is 0 Å². The lowest BCUT2D eigenvalue weighted by Crippen LogP contribution is -2.41. The van der Waals surface area contributed by atoms with E-state index in [9.17, 15) is 27.1 Å². The largest absolute Gasteiger partial charge is 0.459 e. The molecule has 3 aromatic rings. The van der Waals surface area contributed by atoms with Crippen molar-refractivity contribution in [1.82, 2.24) is 9.88 Å². The Morgan fingerprint density at radius 2 is 1.87 bits per heavy atom. The number of alkyl halides is 5. The van der Waals surface area contributed by atoms with Crippen LogP contribution in [0.4, 0.5) is 22.0 Å². The van der Waals surface area contributed by atoms with Crippen molar-refractivity contribution >= 4 is 11.0 Å². The maximum absolute atomic E-state index is 13.6. The lowest BCUT2D eigenvalue weighted by Gasteiger charge is -2.34. The zero-order chi connectivity index (χ0) is 22.4. The minimum atomic E-state index is -4.63. The van der Waals surface area contributed by atoms with Gasteiger partial charge >= 0.3 is 6.18 Å². The first kappa shape index (κ1) is 21.7. The second-order valence-electron chi connectivity index (χ2n) is 7.60. The maximum atomic E-state index is 13.6. The predicted octanol–water partition coefficient (Wildman–Crippen LogP) is 4.69. The normalized spacial score (nSPS) is 18.4. The van der Waals surface area contributed by atoms with Crippen molar-refractivity contribution in [2.75, 3.05) is 13.1 Å². The molecule has 1 fully saturated rings. The number of pyridine rings is 1. The van der Waals surface area contributed by atoms with Gasteiger partial charge < -0.3 is 15.3 Å². The fraction of sp³-hybridized carbons (Fsp3) is 0.381. The Bertz CT molecular complexity index is 1070. The molecule has 3 N–H and O–H groups in total. The van der Waals surface area contributed by atoms with Gasteiger partial charge in [-0.3, -0.25) is 9.88 Å². The van der Waals surface area contributed by atoms with E-state index in [1.54, 1.807) is 0 Å². The van der Waals surface area contributed by atoms with Gasteiger partial charge in [0, 0.05) is 48.6 Å². The van der Waals surface area contributed by atoms with Crippen molar-refractivity contribution < 1.29 is 31.5 Å². The van der Waals surface area contributed by atoms with Gasteiger partial charge in [-0.15, -0.1) is 0 Å². The molecule has 0 amide bonds. The molecule has 0 bridgehead atoms. The summed E-state index contributed by atoms with van der Waals surface area (Å²) in [7, 11) is 0. The van der Waals surface area contributed by atoms with E-state index in [4.69, 9.17) is 10.2 Å². The first-order valence-corrected chi connectivity index (χ1v) is 9.67. The van der Waals surface area contributed by atoms with Crippen LogP contribution in [0.5, 0.6) is 0 Å². The molecule has 1 aromatic carbocycles. The van der Waals surface area contributed by atoms with Crippen molar-refractivity contribution in [2.24, 2.45) is 5.73 Å². The van der Waals surface area contributed by atoms with Gasteiger partial charge in [0.1, 0.15) is 17.6 Å².